The largest absolute Gasteiger partial charge is 0.444 e. The molecule has 0 aliphatic carbocycles. The second-order valence-electron chi connectivity index (χ2n) is 20.5. The van der Waals surface area contributed by atoms with Crippen molar-refractivity contribution in [3.05, 3.63) is 22.5 Å². The molecule has 7 N–H and O–H groups in total. The average molecular weight is 923 g/mol. The SMILES string of the molecule is CC/C(C)=C(/C(=O)N[C@H](C)C(=O)N[C@H](C(=O)N[C@@H](C(=O)NC(C(=O)N[C@H](CN(C)C)C(C)C)=C(C)C)C(C)C)C(C)C)N(C(=O)OC(C)(C)C)C(=O)[C@H](NC(=O)OC(C)(C)C)C(C)(C)O. The number of hydrogen-bond donors (Lipinski definition) is 7. The van der Waals surface area contributed by atoms with Gasteiger partial charge >= 0.3 is 12.2 Å². The van der Waals surface area contributed by atoms with Gasteiger partial charge in [-0.15, -0.1) is 0 Å². The molecule has 0 aromatic heterocycles. The molecule has 8 amide bonds. The van der Waals surface area contributed by atoms with E-state index in [0.717, 1.165) is 0 Å². The molecule has 0 aromatic rings. The number of hydrogen-bond acceptors (Lipinski definition) is 12. The van der Waals surface area contributed by atoms with E-state index in [2.05, 4.69) is 31.9 Å². The number of ether oxygens (including phenoxy) is 2. The molecule has 19 heteroatoms. The Morgan fingerprint density at radius 2 is 1.09 bits per heavy atom. The van der Waals surface area contributed by atoms with Crippen LogP contribution in [0.5, 0.6) is 0 Å². The maximum absolute atomic E-state index is 14.4. The van der Waals surface area contributed by atoms with Gasteiger partial charge in [0.2, 0.25) is 17.7 Å². The van der Waals surface area contributed by atoms with Gasteiger partial charge in [-0.3, -0.25) is 28.8 Å². The van der Waals surface area contributed by atoms with Crippen molar-refractivity contribution in [2.45, 2.75) is 185 Å². The molecule has 65 heavy (non-hydrogen) atoms. The van der Waals surface area contributed by atoms with Crippen LogP contribution < -0.4 is 31.9 Å². The standard InChI is InChI=1S/C46H82N8O11/c1-22-28(10)34(54(43(62)65-45(15,16)17)41(60)35(46(18,19)63)52-42(61)64-44(12,13)14)40(59)47-29(11)36(55)49-32(26(6)7)38(57)51-33(27(8)9)39(58)50-31(25(4)5)37(56)48-30(24(2)3)23-53(20)21/h24,26-27,29-30,32-33,35,63H,22-23H2,1-21H3,(H,47,59)(H,48,56)(H,49,55)(H,50,58)(H,51,57)(H,52,61)/b34-28-/t29-,30-,32+,33-,35+/m1/s1. The first kappa shape index (κ1) is 60.0. The van der Waals surface area contributed by atoms with Crippen LogP contribution in [0.25, 0.3) is 0 Å². The Bertz CT molecular complexity index is 1780. The van der Waals surface area contributed by atoms with E-state index in [9.17, 15) is 43.5 Å². The molecule has 0 aliphatic rings. The lowest BCUT2D eigenvalue weighted by Crippen LogP contribution is -2.61. The summed E-state index contributed by atoms with van der Waals surface area (Å²) in [5.41, 5.74) is -3.94. The zero-order valence-corrected chi connectivity index (χ0v) is 43.0. The van der Waals surface area contributed by atoms with Gasteiger partial charge in [-0.05, 0) is 133 Å². The van der Waals surface area contributed by atoms with Crippen molar-refractivity contribution in [2.24, 2.45) is 17.8 Å². The first-order chi connectivity index (χ1) is 29.4. The van der Waals surface area contributed by atoms with Crippen molar-refractivity contribution >= 4 is 47.6 Å². The maximum Gasteiger partial charge on any atom is 0.421 e. The zero-order chi connectivity index (χ0) is 51.3. The van der Waals surface area contributed by atoms with Gasteiger partial charge in [0.25, 0.3) is 17.7 Å². The molecule has 0 saturated heterocycles. The first-order valence-electron chi connectivity index (χ1n) is 22.2. The highest BCUT2D eigenvalue weighted by molar-refractivity contribution is 6.08. The number of alkyl carbamates (subject to hydrolysis) is 1. The fraction of sp³-hybridized carbons (Fsp3) is 0.739. The molecule has 0 aromatic carbocycles. The molecule has 0 saturated carbocycles. The minimum atomic E-state index is -2.02. The third kappa shape index (κ3) is 20.3. The Balaban J connectivity index is 6.74. The second-order valence-corrected chi connectivity index (χ2v) is 20.5. The monoisotopic (exact) mass is 923 g/mol. The molecule has 0 radical (unpaired) electrons. The molecule has 0 unspecified atom stereocenters. The average Bonchev–Trinajstić information content (AvgIpc) is 3.12. The summed E-state index contributed by atoms with van der Waals surface area (Å²) in [6.45, 7) is 30.9. The lowest BCUT2D eigenvalue weighted by molar-refractivity contribution is -0.139. The summed E-state index contributed by atoms with van der Waals surface area (Å²) >= 11 is 0. The maximum atomic E-state index is 14.4. The van der Waals surface area contributed by atoms with E-state index in [4.69, 9.17) is 9.47 Å². The van der Waals surface area contributed by atoms with Crippen LogP contribution in [0.4, 0.5) is 9.59 Å². The highest BCUT2D eigenvalue weighted by Crippen LogP contribution is 2.24. The van der Waals surface area contributed by atoms with Crippen LogP contribution in [0.3, 0.4) is 0 Å². The molecule has 0 spiro atoms. The molecule has 0 bridgehead atoms. The molecule has 0 fully saturated rings. The van der Waals surface area contributed by atoms with Crippen molar-refractivity contribution in [3.8, 4) is 0 Å². The molecule has 0 rings (SSSR count). The quantitative estimate of drug-likeness (QED) is 0.0857. The fourth-order valence-electron chi connectivity index (χ4n) is 5.94. The summed E-state index contributed by atoms with van der Waals surface area (Å²) in [7, 11) is 3.79. The number of rotatable bonds is 20. The molecule has 0 heterocycles. The molecular formula is C46H82N8O11. The summed E-state index contributed by atoms with van der Waals surface area (Å²) in [4.78, 5) is 113. The number of allylic oxidation sites excluding steroid dienone is 2. The summed E-state index contributed by atoms with van der Waals surface area (Å²) in [6, 6.07) is -5.81. The van der Waals surface area contributed by atoms with Crippen LogP contribution in [-0.4, -0.2) is 130 Å². The summed E-state index contributed by atoms with van der Waals surface area (Å²) in [6.07, 6.45) is -2.27. The topological polar surface area (TPSA) is 254 Å². The van der Waals surface area contributed by atoms with Crippen LogP contribution in [0, 0.1) is 17.8 Å². The van der Waals surface area contributed by atoms with Crippen LogP contribution in [0.1, 0.15) is 138 Å². The fourth-order valence-corrected chi connectivity index (χ4v) is 5.94. The molecular weight excluding hydrogens is 841 g/mol. The smallest absolute Gasteiger partial charge is 0.421 e. The van der Waals surface area contributed by atoms with Crippen LogP contribution in [0.2, 0.25) is 0 Å². The molecule has 0 aliphatic heterocycles. The van der Waals surface area contributed by atoms with Crippen molar-refractivity contribution < 1.29 is 52.9 Å². The number of nitrogens with one attached hydrogen (secondary N) is 6. The third-order valence-electron chi connectivity index (χ3n) is 9.68. The van der Waals surface area contributed by atoms with Gasteiger partial charge in [-0.2, -0.15) is 0 Å². The van der Waals surface area contributed by atoms with Crippen LogP contribution in [-0.2, 0) is 38.2 Å². The van der Waals surface area contributed by atoms with E-state index in [1.54, 1.807) is 69.2 Å². The van der Waals surface area contributed by atoms with Gasteiger partial charge in [0.05, 0.1) is 5.60 Å². The van der Waals surface area contributed by atoms with E-state index in [-0.39, 0.29) is 29.7 Å². The van der Waals surface area contributed by atoms with E-state index in [1.165, 1.54) is 48.5 Å². The summed E-state index contributed by atoms with van der Waals surface area (Å²) in [5.74, 6) is -5.87. The summed E-state index contributed by atoms with van der Waals surface area (Å²) in [5, 5.41) is 27.0. The van der Waals surface area contributed by atoms with E-state index in [1.807, 2.05) is 32.8 Å². The van der Waals surface area contributed by atoms with Crippen molar-refractivity contribution in [3.63, 3.8) is 0 Å². The number of likely N-dealkylation sites (N-methyl/N-ethyl adjacent to an activating group) is 1. The Morgan fingerprint density at radius 1 is 0.615 bits per heavy atom. The number of nitrogens with zero attached hydrogens (tertiary/aromatic N) is 2. The van der Waals surface area contributed by atoms with E-state index in [0.29, 0.717) is 17.0 Å². The van der Waals surface area contributed by atoms with Crippen molar-refractivity contribution in [1.82, 2.24) is 41.7 Å². The normalized spacial score (nSPS) is 14.8. The number of carbonyl (C=O) groups excluding carboxylic acids is 8. The van der Waals surface area contributed by atoms with Gasteiger partial charge in [0, 0.05) is 12.6 Å². The first-order valence-corrected chi connectivity index (χ1v) is 22.2. The van der Waals surface area contributed by atoms with Gasteiger partial charge < -0.3 is 51.4 Å². The third-order valence-corrected chi connectivity index (χ3v) is 9.68. The predicted molar refractivity (Wildman–Crippen MR) is 249 cm³/mol. The highest BCUT2D eigenvalue weighted by Gasteiger charge is 2.45. The van der Waals surface area contributed by atoms with Crippen LogP contribution in [0.15, 0.2) is 22.5 Å². The minimum Gasteiger partial charge on any atom is -0.444 e. The van der Waals surface area contributed by atoms with E-state index >= 15 is 0 Å². The predicted octanol–water partition coefficient (Wildman–Crippen LogP) is 4.00. The Hall–Kier alpha value is -5.04. The highest BCUT2D eigenvalue weighted by atomic mass is 16.6. The lowest BCUT2D eigenvalue weighted by Gasteiger charge is -2.35. The van der Waals surface area contributed by atoms with Gasteiger partial charge in [-0.25, -0.2) is 14.5 Å². The Kier molecular flexibility index (Phi) is 23.1. The zero-order valence-electron chi connectivity index (χ0n) is 43.0. The van der Waals surface area contributed by atoms with Crippen molar-refractivity contribution in [1.29, 1.82) is 0 Å². The van der Waals surface area contributed by atoms with Gasteiger partial charge in [0.1, 0.15) is 46.8 Å². The number of imide groups is 1. The van der Waals surface area contributed by atoms with E-state index < -0.39 is 106 Å². The van der Waals surface area contributed by atoms with Gasteiger partial charge in [0.15, 0.2) is 0 Å². The second kappa shape index (κ2) is 25.0. The van der Waals surface area contributed by atoms with Crippen molar-refractivity contribution in [2.75, 3.05) is 20.6 Å². The number of aliphatic hydroxyl groups is 1. The number of carbonyl (C=O) groups is 8. The van der Waals surface area contributed by atoms with Gasteiger partial charge in [-0.1, -0.05) is 48.5 Å². The molecule has 5 atom stereocenters. The minimum absolute atomic E-state index is 0.0474. The molecule has 19 nitrogen and oxygen atoms in total. The summed E-state index contributed by atoms with van der Waals surface area (Å²) < 4.78 is 10.9. The number of amides is 8. The Labute approximate surface area is 387 Å². The Morgan fingerprint density at radius 3 is 1.49 bits per heavy atom. The molecule has 372 valence electrons. The van der Waals surface area contributed by atoms with Crippen LogP contribution >= 0.6 is 0 Å². The lowest BCUT2D eigenvalue weighted by atomic mass is 9.97.